The molecule has 0 saturated heterocycles. The van der Waals surface area contributed by atoms with Crippen LogP contribution in [-0.4, -0.2) is 19.9 Å². The van der Waals surface area contributed by atoms with Gasteiger partial charge in [0.05, 0.1) is 17.1 Å². The monoisotopic (exact) mass is 806 g/mol. The van der Waals surface area contributed by atoms with E-state index < -0.39 is 0 Å². The zero-order valence-corrected chi connectivity index (χ0v) is 35.8. The minimum Gasteiger partial charge on any atom is -0.436 e. The van der Waals surface area contributed by atoms with Crippen LogP contribution < -0.4 is 0 Å². The fourth-order valence-electron chi connectivity index (χ4n) is 8.18. The molecule has 10 aromatic rings. The predicted octanol–water partition coefficient (Wildman–Crippen LogP) is 15.0. The zero-order valence-electron chi connectivity index (χ0n) is 35.8. The van der Waals surface area contributed by atoms with Gasteiger partial charge >= 0.3 is 0 Å². The summed E-state index contributed by atoms with van der Waals surface area (Å²) < 4.78 is 12.4. The zero-order chi connectivity index (χ0) is 42.6. The lowest BCUT2D eigenvalue weighted by Crippen LogP contribution is -2.21. The first-order valence-corrected chi connectivity index (χ1v) is 21.1. The van der Waals surface area contributed by atoms with E-state index in [1.165, 1.54) is 11.1 Å². The first kappa shape index (κ1) is 38.7. The molecule has 0 unspecified atom stereocenters. The van der Waals surface area contributed by atoms with Crippen molar-refractivity contribution in [2.24, 2.45) is 0 Å². The van der Waals surface area contributed by atoms with E-state index in [0.29, 0.717) is 11.8 Å². The molecule has 0 aliphatic rings. The molecule has 0 aliphatic heterocycles. The van der Waals surface area contributed by atoms with Crippen LogP contribution in [0.1, 0.15) is 52.7 Å². The van der Waals surface area contributed by atoms with E-state index in [2.05, 4.69) is 173 Å². The van der Waals surface area contributed by atoms with Crippen LogP contribution in [0.5, 0.6) is 0 Å². The van der Waals surface area contributed by atoms with Crippen molar-refractivity contribution in [1.29, 1.82) is 0 Å². The summed E-state index contributed by atoms with van der Waals surface area (Å²) in [7, 11) is 0. The molecule has 0 amide bonds. The Labute approximate surface area is 362 Å². The van der Waals surface area contributed by atoms with Crippen molar-refractivity contribution in [3.63, 3.8) is 0 Å². The van der Waals surface area contributed by atoms with E-state index in [0.717, 1.165) is 89.4 Å². The Bertz CT molecular complexity index is 3120. The van der Waals surface area contributed by atoms with Crippen LogP contribution in [0.15, 0.2) is 179 Å². The van der Waals surface area contributed by atoms with Gasteiger partial charge in [0.1, 0.15) is 11.0 Å². The van der Waals surface area contributed by atoms with E-state index in [1.54, 1.807) is 6.20 Å². The third-order valence-corrected chi connectivity index (χ3v) is 11.5. The number of nitrogens with zero attached hydrogens (tertiary/aromatic N) is 4. The van der Waals surface area contributed by atoms with Crippen molar-refractivity contribution in [2.75, 3.05) is 0 Å². The first-order chi connectivity index (χ1) is 29.9. The molecule has 0 bridgehead atoms. The van der Waals surface area contributed by atoms with Gasteiger partial charge in [-0.25, -0.2) is 15.0 Å². The van der Waals surface area contributed by atoms with Gasteiger partial charge in [0.2, 0.25) is 11.8 Å². The number of fused-ring (bicyclic) bond motifs is 2. The topological polar surface area (TPSA) is 77.8 Å². The lowest BCUT2D eigenvalue weighted by Gasteiger charge is -2.29. The van der Waals surface area contributed by atoms with Crippen LogP contribution in [0.4, 0.5) is 0 Å². The summed E-state index contributed by atoms with van der Waals surface area (Å²) in [5.74, 6) is 1.25. The summed E-state index contributed by atoms with van der Waals surface area (Å²) in [5.41, 5.74) is 17.9. The van der Waals surface area contributed by atoms with Crippen LogP contribution in [0.3, 0.4) is 0 Å². The Morgan fingerprint density at radius 3 is 1.40 bits per heavy atom. The van der Waals surface area contributed by atoms with Crippen LogP contribution in [0, 0.1) is 0 Å². The molecule has 4 aromatic heterocycles. The van der Waals surface area contributed by atoms with E-state index in [4.69, 9.17) is 18.8 Å². The Kier molecular flexibility index (Phi) is 9.52. The summed E-state index contributed by atoms with van der Waals surface area (Å²) in [4.78, 5) is 19.4. The third kappa shape index (κ3) is 7.49. The van der Waals surface area contributed by atoms with Crippen molar-refractivity contribution in [2.45, 2.75) is 52.4 Å². The van der Waals surface area contributed by atoms with E-state index in [-0.39, 0.29) is 10.8 Å². The molecular weight excluding hydrogens is 761 g/mol. The van der Waals surface area contributed by atoms with Crippen molar-refractivity contribution >= 4 is 22.2 Å². The molecule has 6 nitrogen and oxygen atoms in total. The molecule has 0 N–H and O–H groups in total. The minimum atomic E-state index is -0.0145. The molecule has 0 saturated carbocycles. The van der Waals surface area contributed by atoms with E-state index in [9.17, 15) is 0 Å². The van der Waals surface area contributed by atoms with Gasteiger partial charge in [-0.15, -0.1) is 0 Å². The number of pyridine rings is 2. The lowest BCUT2D eigenvalue weighted by atomic mass is 9.75. The number of aromatic nitrogens is 4. The molecule has 302 valence electrons. The predicted molar refractivity (Wildman–Crippen MR) is 253 cm³/mol. The molecule has 6 heteroatoms. The second kappa shape index (κ2) is 15.2. The lowest BCUT2D eigenvalue weighted by molar-refractivity contribution is 0.529. The number of rotatable bonds is 7. The highest BCUT2D eigenvalue weighted by Gasteiger charge is 2.27. The van der Waals surface area contributed by atoms with Crippen LogP contribution in [0.25, 0.3) is 101 Å². The average Bonchev–Trinajstić information content (AvgIpc) is 3.93. The van der Waals surface area contributed by atoms with E-state index in [1.807, 2.05) is 42.5 Å². The Morgan fingerprint density at radius 2 is 0.855 bits per heavy atom. The fraction of sp³-hybridized carbons (Fsp3) is 0.143. The van der Waals surface area contributed by atoms with Gasteiger partial charge < -0.3 is 8.83 Å². The smallest absolute Gasteiger partial charge is 0.227 e. The fourth-order valence-corrected chi connectivity index (χ4v) is 8.18. The van der Waals surface area contributed by atoms with Gasteiger partial charge in [0.25, 0.3) is 0 Å². The molecule has 0 radical (unpaired) electrons. The molecule has 0 atom stereocenters. The maximum Gasteiger partial charge on any atom is 0.227 e. The molecule has 0 fully saturated rings. The van der Waals surface area contributed by atoms with Crippen molar-refractivity contribution < 1.29 is 8.83 Å². The first-order valence-electron chi connectivity index (χ1n) is 21.1. The highest BCUT2D eigenvalue weighted by Crippen LogP contribution is 2.39. The quantitative estimate of drug-likeness (QED) is 0.160. The van der Waals surface area contributed by atoms with Gasteiger partial charge in [-0.2, -0.15) is 0 Å². The normalized spacial score (nSPS) is 12.0. The Morgan fingerprint density at radius 1 is 0.371 bits per heavy atom. The van der Waals surface area contributed by atoms with Crippen molar-refractivity contribution in [3.8, 4) is 78.9 Å². The SMILES string of the molecule is CC(C)(C)c1cc2nc(-c3ccc(-c4ccc(-c5ccc(-c6ccccn6)nc5-c5ccc(-c6ccc(-c7nc8ccccc8o7)cc6)cc5)cc4)cc3)oc2cc1C(C)(C)C. The summed E-state index contributed by atoms with van der Waals surface area (Å²) in [5, 5.41) is 0. The largest absolute Gasteiger partial charge is 0.436 e. The molecule has 4 heterocycles. The van der Waals surface area contributed by atoms with Gasteiger partial charge in [-0.1, -0.05) is 133 Å². The van der Waals surface area contributed by atoms with Crippen molar-refractivity contribution in [3.05, 3.63) is 181 Å². The van der Waals surface area contributed by atoms with Gasteiger partial charge in [0, 0.05) is 28.5 Å². The summed E-state index contributed by atoms with van der Waals surface area (Å²) in [6.07, 6.45) is 1.80. The Hall–Kier alpha value is -7.44. The minimum absolute atomic E-state index is 0.00844. The summed E-state index contributed by atoms with van der Waals surface area (Å²) >= 11 is 0. The maximum absolute atomic E-state index is 6.38. The highest BCUT2D eigenvalue weighted by atomic mass is 16.4. The number of hydrogen-bond donors (Lipinski definition) is 0. The Balaban J connectivity index is 0.925. The number of oxazole rings is 2. The highest BCUT2D eigenvalue weighted by molar-refractivity contribution is 5.85. The number of benzene rings is 6. The van der Waals surface area contributed by atoms with Crippen molar-refractivity contribution in [1.82, 2.24) is 19.9 Å². The van der Waals surface area contributed by atoms with Crippen LogP contribution in [0.2, 0.25) is 0 Å². The van der Waals surface area contributed by atoms with Gasteiger partial charge in [0.15, 0.2) is 11.2 Å². The standard InChI is InChI=1S/C56H46N4O2/c1-55(2,3)44-33-49-51(34-45(44)56(4,5)6)62-54(60-49)42-28-20-37(21-29-42)35-14-22-39(23-15-35)43-30-31-47(46-11-9-10-32-57-46)58-52(43)40-24-16-36(17-25-40)38-18-26-41(27-19-38)53-59-48-12-7-8-13-50(48)61-53/h7-34H,1-6H3. The molecule has 6 aromatic carbocycles. The van der Waals surface area contributed by atoms with Crippen LogP contribution in [-0.2, 0) is 10.8 Å². The van der Waals surface area contributed by atoms with Crippen LogP contribution >= 0.6 is 0 Å². The van der Waals surface area contributed by atoms with E-state index >= 15 is 0 Å². The molecule has 10 rings (SSSR count). The number of hydrogen-bond acceptors (Lipinski definition) is 6. The second-order valence-electron chi connectivity index (χ2n) is 18.0. The summed E-state index contributed by atoms with van der Waals surface area (Å²) in [6.45, 7) is 13.5. The maximum atomic E-state index is 6.38. The van der Waals surface area contributed by atoms with Gasteiger partial charge in [-0.3, -0.25) is 4.98 Å². The molecule has 0 aliphatic carbocycles. The molecule has 62 heavy (non-hydrogen) atoms. The summed E-state index contributed by atoms with van der Waals surface area (Å²) in [6, 6.07) is 56.5. The van der Waals surface area contributed by atoms with Gasteiger partial charge in [-0.05, 0) is 123 Å². The number of para-hydroxylation sites is 2. The molecular formula is C56H46N4O2. The average molecular weight is 807 g/mol. The molecule has 0 spiro atoms. The third-order valence-electron chi connectivity index (χ3n) is 11.5. The second-order valence-corrected chi connectivity index (χ2v) is 18.0.